The number of likely N-dealkylation sites (tertiary alicyclic amines) is 1. The Morgan fingerprint density at radius 1 is 1.41 bits per heavy atom. The number of benzene rings is 1. The number of hydrogen-bond donors (Lipinski definition) is 1. The Morgan fingerprint density at radius 3 is 2.91 bits per heavy atom. The van der Waals surface area contributed by atoms with Crippen LogP contribution in [0.4, 0.5) is 0 Å². The molecule has 2 aromatic rings. The molecule has 1 atom stereocenters. The van der Waals surface area contributed by atoms with Crippen molar-refractivity contribution in [1.29, 1.82) is 0 Å². The number of aromatic hydroxyl groups is 1. The van der Waals surface area contributed by atoms with Gasteiger partial charge in [-0.2, -0.15) is 0 Å². The predicted molar refractivity (Wildman–Crippen MR) is 83.0 cm³/mol. The van der Waals surface area contributed by atoms with Gasteiger partial charge in [-0.25, -0.2) is 0 Å². The van der Waals surface area contributed by atoms with E-state index < -0.39 is 0 Å². The largest absolute Gasteiger partial charge is 0.504 e. The zero-order valence-electron chi connectivity index (χ0n) is 13.3. The van der Waals surface area contributed by atoms with Gasteiger partial charge in [-0.15, -0.1) is 0 Å². The van der Waals surface area contributed by atoms with Crippen molar-refractivity contribution in [2.75, 3.05) is 13.7 Å². The lowest BCUT2D eigenvalue weighted by Crippen LogP contribution is -2.23. The van der Waals surface area contributed by atoms with E-state index in [-0.39, 0.29) is 5.75 Å². The van der Waals surface area contributed by atoms with Crippen LogP contribution < -0.4 is 4.74 Å². The zero-order valence-corrected chi connectivity index (χ0v) is 13.3. The highest BCUT2D eigenvalue weighted by Crippen LogP contribution is 2.37. The second kappa shape index (κ2) is 6.01. The molecule has 1 aliphatic heterocycles. The van der Waals surface area contributed by atoms with Crippen LogP contribution in [0, 0.1) is 13.8 Å². The van der Waals surface area contributed by atoms with Gasteiger partial charge in [0.25, 0.3) is 0 Å². The molecule has 0 spiro atoms. The van der Waals surface area contributed by atoms with Gasteiger partial charge in [-0.3, -0.25) is 4.90 Å². The van der Waals surface area contributed by atoms with Crippen molar-refractivity contribution in [2.45, 2.75) is 39.3 Å². The Balaban J connectivity index is 1.82. The van der Waals surface area contributed by atoms with Crippen molar-refractivity contribution in [3.05, 3.63) is 40.8 Å². The first-order valence-electron chi connectivity index (χ1n) is 7.63. The molecule has 1 aromatic carbocycles. The molecule has 0 bridgehead atoms. The van der Waals surface area contributed by atoms with Crippen molar-refractivity contribution in [3.8, 4) is 11.5 Å². The molecule has 0 aliphatic carbocycles. The van der Waals surface area contributed by atoms with Crippen LogP contribution in [0.25, 0.3) is 0 Å². The Labute approximate surface area is 130 Å². The van der Waals surface area contributed by atoms with E-state index in [0.717, 1.165) is 36.5 Å². The van der Waals surface area contributed by atoms with Crippen LogP contribution in [0.5, 0.6) is 11.5 Å². The van der Waals surface area contributed by atoms with Crippen molar-refractivity contribution in [2.24, 2.45) is 0 Å². The Kier molecular flexibility index (Phi) is 4.07. The molecule has 22 heavy (non-hydrogen) atoms. The minimum atomic E-state index is 0.176. The summed E-state index contributed by atoms with van der Waals surface area (Å²) in [4.78, 5) is 2.44. The fraction of sp³-hybridized carbons (Fsp3) is 0.471. The molecule has 1 aromatic heterocycles. The fourth-order valence-electron chi connectivity index (χ4n) is 3.36. The molecular formula is C17H22N2O3. The lowest BCUT2D eigenvalue weighted by atomic mass is 10.0. The molecule has 1 N–H and O–H groups in total. The third-order valence-corrected chi connectivity index (χ3v) is 4.42. The topological polar surface area (TPSA) is 58.7 Å². The van der Waals surface area contributed by atoms with E-state index in [1.807, 2.05) is 26.0 Å². The number of phenols is 1. The first kappa shape index (κ1) is 14.9. The standard InChI is InChI=1S/C17H22N2O3/c1-11-17(12(2)22-18-11)14-5-4-8-19(14)10-13-6-7-15(20)16(9-13)21-3/h6-7,9,14,20H,4-5,8,10H2,1-3H3/t14-/m1/s1. The normalized spacial score (nSPS) is 18.8. The third kappa shape index (κ3) is 2.68. The molecule has 1 fully saturated rings. The molecule has 0 amide bonds. The second-order valence-corrected chi connectivity index (χ2v) is 5.87. The number of aromatic nitrogens is 1. The lowest BCUT2D eigenvalue weighted by molar-refractivity contribution is 0.245. The summed E-state index contributed by atoms with van der Waals surface area (Å²) >= 11 is 0. The van der Waals surface area contributed by atoms with Crippen LogP contribution in [-0.2, 0) is 6.54 Å². The molecule has 0 radical (unpaired) electrons. The zero-order chi connectivity index (χ0) is 15.7. The van der Waals surface area contributed by atoms with Gasteiger partial charge in [0.05, 0.1) is 12.8 Å². The molecule has 5 nitrogen and oxygen atoms in total. The molecule has 118 valence electrons. The van der Waals surface area contributed by atoms with E-state index in [4.69, 9.17) is 9.26 Å². The SMILES string of the molecule is COc1cc(CN2CCC[C@@H]2c2c(C)noc2C)ccc1O. The maximum atomic E-state index is 9.71. The second-order valence-electron chi connectivity index (χ2n) is 5.87. The molecule has 5 heteroatoms. The Hall–Kier alpha value is -2.01. The van der Waals surface area contributed by atoms with Gasteiger partial charge in [0.1, 0.15) is 5.76 Å². The quantitative estimate of drug-likeness (QED) is 0.938. The smallest absolute Gasteiger partial charge is 0.160 e. The number of hydrogen-bond acceptors (Lipinski definition) is 5. The van der Waals surface area contributed by atoms with Crippen LogP contribution in [0.2, 0.25) is 0 Å². The van der Waals surface area contributed by atoms with E-state index in [9.17, 15) is 5.11 Å². The van der Waals surface area contributed by atoms with Crippen molar-refractivity contribution < 1.29 is 14.4 Å². The molecule has 1 aliphatic rings. The fourth-order valence-corrected chi connectivity index (χ4v) is 3.36. The maximum Gasteiger partial charge on any atom is 0.160 e. The van der Waals surface area contributed by atoms with Crippen molar-refractivity contribution in [1.82, 2.24) is 10.1 Å². The van der Waals surface area contributed by atoms with E-state index in [1.54, 1.807) is 13.2 Å². The van der Waals surface area contributed by atoms with E-state index in [2.05, 4.69) is 10.1 Å². The molecule has 2 heterocycles. The van der Waals surface area contributed by atoms with E-state index in [1.165, 1.54) is 12.0 Å². The van der Waals surface area contributed by atoms with Gasteiger partial charge in [-0.1, -0.05) is 11.2 Å². The molecular weight excluding hydrogens is 280 g/mol. The van der Waals surface area contributed by atoms with Crippen molar-refractivity contribution in [3.63, 3.8) is 0 Å². The average Bonchev–Trinajstić information content (AvgIpc) is 3.07. The Bertz CT molecular complexity index is 646. The van der Waals surface area contributed by atoms with Gasteiger partial charge >= 0.3 is 0 Å². The monoisotopic (exact) mass is 302 g/mol. The van der Waals surface area contributed by atoms with E-state index in [0.29, 0.717) is 11.8 Å². The highest BCUT2D eigenvalue weighted by atomic mass is 16.5. The number of nitrogens with zero attached hydrogens (tertiary/aromatic N) is 2. The molecule has 3 rings (SSSR count). The average molecular weight is 302 g/mol. The van der Waals surface area contributed by atoms with Gasteiger partial charge in [0, 0.05) is 18.2 Å². The molecule has 1 saturated heterocycles. The summed E-state index contributed by atoms with van der Waals surface area (Å²) in [6.07, 6.45) is 2.29. The first-order valence-corrected chi connectivity index (χ1v) is 7.63. The van der Waals surface area contributed by atoms with E-state index >= 15 is 0 Å². The van der Waals surface area contributed by atoms with Crippen LogP contribution in [0.3, 0.4) is 0 Å². The number of aryl methyl sites for hydroxylation is 2. The summed E-state index contributed by atoms with van der Waals surface area (Å²) in [5.74, 6) is 1.61. The molecule has 0 unspecified atom stereocenters. The highest BCUT2D eigenvalue weighted by Gasteiger charge is 2.30. The van der Waals surface area contributed by atoms with Crippen molar-refractivity contribution >= 4 is 0 Å². The number of rotatable bonds is 4. The summed E-state index contributed by atoms with van der Waals surface area (Å²) in [6.45, 7) is 5.87. The summed E-state index contributed by atoms with van der Waals surface area (Å²) < 4.78 is 10.5. The summed E-state index contributed by atoms with van der Waals surface area (Å²) in [5, 5.41) is 13.8. The van der Waals surface area contributed by atoms with Crippen LogP contribution in [-0.4, -0.2) is 28.8 Å². The van der Waals surface area contributed by atoms with Crippen LogP contribution in [0.15, 0.2) is 22.7 Å². The first-order chi connectivity index (χ1) is 10.6. The summed E-state index contributed by atoms with van der Waals surface area (Å²) in [7, 11) is 1.57. The van der Waals surface area contributed by atoms with Gasteiger partial charge in [-0.05, 0) is 50.9 Å². The summed E-state index contributed by atoms with van der Waals surface area (Å²) in [6, 6.07) is 5.89. The Morgan fingerprint density at radius 2 is 2.23 bits per heavy atom. The lowest BCUT2D eigenvalue weighted by Gasteiger charge is -2.24. The maximum absolute atomic E-state index is 9.71. The minimum absolute atomic E-state index is 0.176. The summed E-state index contributed by atoms with van der Waals surface area (Å²) in [5.41, 5.74) is 3.34. The van der Waals surface area contributed by atoms with Gasteiger partial charge < -0.3 is 14.4 Å². The van der Waals surface area contributed by atoms with Crippen LogP contribution in [0.1, 0.15) is 41.5 Å². The van der Waals surface area contributed by atoms with Gasteiger partial charge in [0.15, 0.2) is 11.5 Å². The third-order valence-electron chi connectivity index (χ3n) is 4.42. The minimum Gasteiger partial charge on any atom is -0.504 e. The molecule has 0 saturated carbocycles. The highest BCUT2D eigenvalue weighted by molar-refractivity contribution is 5.41. The van der Waals surface area contributed by atoms with Gasteiger partial charge in [0.2, 0.25) is 0 Å². The number of methoxy groups -OCH3 is 1. The predicted octanol–water partition coefficient (Wildman–Crippen LogP) is 3.34. The number of phenolic OH excluding ortho intramolecular Hbond substituents is 1. The number of ether oxygens (including phenoxy) is 1. The van der Waals surface area contributed by atoms with Crippen LogP contribution >= 0.6 is 0 Å².